The van der Waals surface area contributed by atoms with E-state index in [9.17, 15) is 9.59 Å². The van der Waals surface area contributed by atoms with Crippen LogP contribution in [-0.2, 0) is 0 Å². The molecule has 0 atom stereocenters. The molecule has 1 aromatic carbocycles. The van der Waals surface area contributed by atoms with E-state index in [2.05, 4.69) is 15.1 Å². The van der Waals surface area contributed by atoms with Gasteiger partial charge >= 0.3 is 0 Å². The van der Waals surface area contributed by atoms with Crippen molar-refractivity contribution in [3.8, 4) is 5.69 Å². The molecule has 3 heterocycles. The van der Waals surface area contributed by atoms with Crippen LogP contribution in [0, 0.1) is 6.92 Å². The second-order valence-corrected chi connectivity index (χ2v) is 5.52. The number of fused-ring (bicyclic) bond motifs is 3. The third kappa shape index (κ3) is 2.10. The quantitative estimate of drug-likeness (QED) is 0.527. The monoisotopic (exact) mass is 319 g/mol. The Balaban J connectivity index is 1.94. The van der Waals surface area contributed by atoms with E-state index in [1.54, 1.807) is 48.0 Å². The summed E-state index contributed by atoms with van der Waals surface area (Å²) in [7, 11) is 0. The lowest BCUT2D eigenvalue weighted by Crippen LogP contribution is -2.19. The van der Waals surface area contributed by atoms with Gasteiger partial charge in [-0.15, -0.1) is 5.10 Å². The molecule has 0 aliphatic rings. The summed E-state index contributed by atoms with van der Waals surface area (Å²) in [5, 5.41) is 4.72. The fourth-order valence-electron chi connectivity index (χ4n) is 2.68. The Morgan fingerprint density at radius 1 is 1.12 bits per heavy atom. The molecule has 24 heavy (non-hydrogen) atoms. The van der Waals surface area contributed by atoms with E-state index in [4.69, 9.17) is 0 Å². The number of nitrogens with zero attached hydrogens (tertiary/aromatic N) is 5. The highest BCUT2D eigenvalue weighted by atomic mass is 16.1. The summed E-state index contributed by atoms with van der Waals surface area (Å²) in [6.07, 6.45) is 3.20. The molecule has 0 spiro atoms. The fourth-order valence-corrected chi connectivity index (χ4v) is 2.68. The summed E-state index contributed by atoms with van der Waals surface area (Å²) >= 11 is 0. The van der Waals surface area contributed by atoms with E-state index in [-0.39, 0.29) is 11.3 Å². The summed E-state index contributed by atoms with van der Waals surface area (Å²) in [6, 6.07) is 8.70. The Labute approximate surface area is 136 Å². The van der Waals surface area contributed by atoms with Gasteiger partial charge < -0.3 is 0 Å². The molecular formula is C17H13N5O2. The number of rotatable bonds is 2. The normalized spacial score (nSPS) is 11.2. The topological polar surface area (TPSA) is 82.2 Å². The lowest BCUT2D eigenvalue weighted by molar-refractivity contribution is 0.101. The molecule has 0 radical (unpaired) electrons. The lowest BCUT2D eigenvalue weighted by atomic mass is 10.1. The van der Waals surface area contributed by atoms with Crippen LogP contribution in [-0.4, -0.2) is 29.9 Å². The van der Waals surface area contributed by atoms with Crippen molar-refractivity contribution in [3.05, 3.63) is 64.5 Å². The van der Waals surface area contributed by atoms with E-state index >= 15 is 0 Å². The average molecular weight is 319 g/mol. The predicted molar refractivity (Wildman–Crippen MR) is 88.6 cm³/mol. The maximum atomic E-state index is 12.8. The molecule has 7 nitrogen and oxygen atoms in total. The number of aryl methyl sites for hydroxylation is 1. The Morgan fingerprint density at radius 3 is 2.58 bits per heavy atom. The first-order chi connectivity index (χ1) is 11.5. The summed E-state index contributed by atoms with van der Waals surface area (Å²) in [5.41, 5.74) is 1.74. The number of hydrogen-bond acceptors (Lipinski definition) is 5. The second-order valence-electron chi connectivity index (χ2n) is 5.52. The van der Waals surface area contributed by atoms with Crippen LogP contribution in [0.2, 0.25) is 0 Å². The predicted octanol–water partition coefficient (Wildman–Crippen LogP) is 1.94. The van der Waals surface area contributed by atoms with Gasteiger partial charge in [0.25, 0.3) is 11.3 Å². The van der Waals surface area contributed by atoms with Crippen molar-refractivity contribution >= 4 is 22.5 Å². The average Bonchev–Trinajstić information content (AvgIpc) is 2.96. The summed E-state index contributed by atoms with van der Waals surface area (Å²) < 4.78 is 3.08. The van der Waals surface area contributed by atoms with Gasteiger partial charge in [-0.1, -0.05) is 0 Å². The molecule has 0 bridgehead atoms. The first kappa shape index (κ1) is 14.3. The minimum atomic E-state index is -0.203. The number of carbonyl (C=O) groups is 1. The number of carbonyl (C=O) groups excluding carboxylic acids is 1. The van der Waals surface area contributed by atoms with Gasteiger partial charge in [-0.2, -0.15) is 9.50 Å². The zero-order valence-corrected chi connectivity index (χ0v) is 13.1. The van der Waals surface area contributed by atoms with Crippen LogP contribution in [0.4, 0.5) is 0 Å². The molecule has 3 aromatic heterocycles. The Bertz CT molecular complexity index is 1160. The Kier molecular flexibility index (Phi) is 3.02. The molecule has 0 fully saturated rings. The summed E-state index contributed by atoms with van der Waals surface area (Å²) in [6.45, 7) is 3.28. The van der Waals surface area contributed by atoms with Gasteiger partial charge in [0.2, 0.25) is 0 Å². The zero-order valence-electron chi connectivity index (χ0n) is 13.1. The molecule has 0 saturated heterocycles. The molecule has 0 saturated carbocycles. The number of hydrogen-bond donors (Lipinski definition) is 0. The van der Waals surface area contributed by atoms with Crippen molar-refractivity contribution in [1.29, 1.82) is 0 Å². The van der Waals surface area contributed by atoms with E-state index < -0.39 is 0 Å². The molecule has 0 amide bonds. The van der Waals surface area contributed by atoms with Crippen molar-refractivity contribution in [3.63, 3.8) is 0 Å². The molecule has 0 N–H and O–H groups in total. The van der Waals surface area contributed by atoms with Gasteiger partial charge in [0.15, 0.2) is 5.78 Å². The van der Waals surface area contributed by atoms with Gasteiger partial charge in [0.05, 0.1) is 10.9 Å². The van der Waals surface area contributed by atoms with Crippen LogP contribution in [0.3, 0.4) is 0 Å². The minimum Gasteiger partial charge on any atom is -0.295 e. The lowest BCUT2D eigenvalue weighted by Gasteiger charge is -2.08. The van der Waals surface area contributed by atoms with Gasteiger partial charge in [0.1, 0.15) is 5.82 Å². The number of Topliss-reactive ketones (excluding diaryl/α,β-unsaturated/α-hetero) is 1. The minimum absolute atomic E-state index is 0.0134. The molecule has 7 heteroatoms. The third-order valence-corrected chi connectivity index (χ3v) is 3.89. The van der Waals surface area contributed by atoms with Crippen molar-refractivity contribution in [1.82, 2.24) is 24.1 Å². The maximum absolute atomic E-state index is 12.8. The number of aromatic nitrogens is 5. The highest BCUT2D eigenvalue weighted by molar-refractivity contribution is 5.94. The largest absolute Gasteiger partial charge is 0.295 e. The van der Waals surface area contributed by atoms with E-state index in [0.29, 0.717) is 33.8 Å². The fraction of sp³-hybridized carbons (Fsp3) is 0.118. The van der Waals surface area contributed by atoms with Crippen LogP contribution in [0.1, 0.15) is 23.1 Å². The van der Waals surface area contributed by atoms with Gasteiger partial charge in [0, 0.05) is 23.6 Å². The van der Waals surface area contributed by atoms with E-state index in [1.807, 2.05) is 0 Å². The first-order valence-electron chi connectivity index (χ1n) is 7.40. The van der Waals surface area contributed by atoms with Gasteiger partial charge in [-0.05, 0) is 44.2 Å². The van der Waals surface area contributed by atoms with Crippen LogP contribution in [0.15, 0.2) is 47.5 Å². The smallest absolute Gasteiger partial charge is 0.266 e. The van der Waals surface area contributed by atoms with Crippen LogP contribution < -0.4 is 5.56 Å². The van der Waals surface area contributed by atoms with Crippen LogP contribution >= 0.6 is 0 Å². The van der Waals surface area contributed by atoms with Crippen molar-refractivity contribution in [2.75, 3.05) is 0 Å². The van der Waals surface area contributed by atoms with E-state index in [1.165, 1.54) is 17.7 Å². The van der Waals surface area contributed by atoms with Crippen LogP contribution in [0.5, 0.6) is 0 Å². The zero-order chi connectivity index (χ0) is 16.8. The van der Waals surface area contributed by atoms with Crippen molar-refractivity contribution < 1.29 is 4.79 Å². The second kappa shape index (κ2) is 5.09. The number of benzene rings is 1. The van der Waals surface area contributed by atoms with Crippen molar-refractivity contribution in [2.24, 2.45) is 0 Å². The molecule has 118 valence electrons. The highest BCUT2D eigenvalue weighted by Crippen LogP contribution is 2.13. The van der Waals surface area contributed by atoms with Crippen molar-refractivity contribution in [2.45, 2.75) is 13.8 Å². The highest BCUT2D eigenvalue weighted by Gasteiger charge is 2.11. The SMILES string of the molecule is CC(=O)c1ccc(-n2ccc3c(cnc4nc(C)nn43)c2=O)cc1. The van der Waals surface area contributed by atoms with Gasteiger partial charge in [-0.25, -0.2) is 4.98 Å². The van der Waals surface area contributed by atoms with Crippen LogP contribution in [0.25, 0.3) is 22.4 Å². The number of pyridine rings is 1. The molecule has 4 rings (SSSR count). The van der Waals surface area contributed by atoms with Gasteiger partial charge in [-0.3, -0.25) is 14.2 Å². The molecule has 0 aliphatic carbocycles. The Morgan fingerprint density at radius 2 is 1.88 bits per heavy atom. The Hall–Kier alpha value is -3.35. The first-order valence-corrected chi connectivity index (χ1v) is 7.40. The molecule has 0 aliphatic heterocycles. The summed E-state index contributed by atoms with van der Waals surface area (Å²) in [4.78, 5) is 32.6. The molecule has 0 unspecified atom stereocenters. The van der Waals surface area contributed by atoms with E-state index in [0.717, 1.165) is 0 Å². The molecule has 4 aromatic rings. The number of ketones is 1. The molecular weight excluding hydrogens is 306 g/mol. The standard InChI is InChI=1S/C17H13N5O2/c1-10(23)12-3-5-13(6-4-12)21-8-7-15-14(16(21)24)9-18-17-19-11(2)20-22(15)17/h3-9H,1-2H3. The maximum Gasteiger partial charge on any atom is 0.266 e. The summed E-state index contributed by atoms with van der Waals surface area (Å²) in [5.74, 6) is 1.04. The third-order valence-electron chi connectivity index (χ3n) is 3.89.